The summed E-state index contributed by atoms with van der Waals surface area (Å²) in [4.78, 5) is 18.6. The SMILES string of the molecule is CC1CC(CN)CN1C(=O)c1ccc(CSc2ncn[nH]2)cc1. The van der Waals surface area contributed by atoms with Crippen molar-refractivity contribution in [3.05, 3.63) is 41.7 Å². The van der Waals surface area contributed by atoms with E-state index in [1.54, 1.807) is 11.8 Å². The van der Waals surface area contributed by atoms with Crippen molar-refractivity contribution in [3.8, 4) is 0 Å². The number of nitrogens with one attached hydrogen (secondary N) is 1. The summed E-state index contributed by atoms with van der Waals surface area (Å²) < 4.78 is 0. The van der Waals surface area contributed by atoms with E-state index in [-0.39, 0.29) is 11.9 Å². The van der Waals surface area contributed by atoms with Crippen LogP contribution in [0.15, 0.2) is 35.7 Å². The molecule has 1 aromatic heterocycles. The van der Waals surface area contributed by atoms with Crippen LogP contribution in [-0.4, -0.2) is 45.1 Å². The third-order valence-corrected chi connectivity index (χ3v) is 5.17. The summed E-state index contributed by atoms with van der Waals surface area (Å²) in [5.74, 6) is 1.31. The molecule has 0 spiro atoms. The van der Waals surface area contributed by atoms with E-state index in [9.17, 15) is 4.79 Å². The molecule has 2 atom stereocenters. The minimum absolute atomic E-state index is 0.0999. The van der Waals surface area contributed by atoms with Gasteiger partial charge in [0.2, 0.25) is 0 Å². The fraction of sp³-hybridized carbons (Fsp3) is 0.438. The van der Waals surface area contributed by atoms with Gasteiger partial charge < -0.3 is 10.6 Å². The molecule has 1 saturated heterocycles. The van der Waals surface area contributed by atoms with Gasteiger partial charge in [-0.05, 0) is 43.5 Å². The maximum absolute atomic E-state index is 12.6. The molecule has 7 heteroatoms. The number of carbonyl (C=O) groups excluding carboxylic acids is 1. The number of hydrogen-bond donors (Lipinski definition) is 2. The van der Waals surface area contributed by atoms with E-state index in [2.05, 4.69) is 22.1 Å². The Morgan fingerprint density at radius 1 is 1.43 bits per heavy atom. The highest BCUT2D eigenvalue weighted by Crippen LogP contribution is 2.25. The van der Waals surface area contributed by atoms with Crippen LogP contribution in [-0.2, 0) is 5.75 Å². The molecule has 0 aliphatic carbocycles. The summed E-state index contributed by atoms with van der Waals surface area (Å²) >= 11 is 1.59. The second kappa shape index (κ2) is 7.14. The van der Waals surface area contributed by atoms with Gasteiger partial charge in [-0.1, -0.05) is 23.9 Å². The van der Waals surface area contributed by atoms with Gasteiger partial charge in [0, 0.05) is 23.9 Å². The number of amides is 1. The van der Waals surface area contributed by atoms with E-state index in [4.69, 9.17) is 5.73 Å². The summed E-state index contributed by atoms with van der Waals surface area (Å²) in [5, 5.41) is 7.43. The molecule has 1 aromatic carbocycles. The predicted octanol–water partition coefficient (Wildman–Crippen LogP) is 1.91. The summed E-state index contributed by atoms with van der Waals surface area (Å²) in [5.41, 5.74) is 7.63. The molecule has 0 saturated carbocycles. The largest absolute Gasteiger partial charge is 0.336 e. The van der Waals surface area contributed by atoms with Gasteiger partial charge in [-0.25, -0.2) is 4.98 Å². The lowest BCUT2D eigenvalue weighted by molar-refractivity contribution is 0.0743. The molecule has 3 N–H and O–H groups in total. The number of rotatable bonds is 5. The van der Waals surface area contributed by atoms with Crippen LogP contribution >= 0.6 is 11.8 Å². The van der Waals surface area contributed by atoms with Gasteiger partial charge in [-0.15, -0.1) is 0 Å². The van der Waals surface area contributed by atoms with Gasteiger partial charge in [0.25, 0.3) is 5.91 Å². The number of H-pyrrole nitrogens is 1. The molecule has 122 valence electrons. The molecule has 2 heterocycles. The maximum Gasteiger partial charge on any atom is 0.254 e. The molecule has 1 aliphatic heterocycles. The van der Waals surface area contributed by atoms with Gasteiger partial charge in [0.1, 0.15) is 6.33 Å². The van der Waals surface area contributed by atoms with Crippen molar-refractivity contribution in [2.75, 3.05) is 13.1 Å². The Morgan fingerprint density at radius 3 is 2.83 bits per heavy atom. The first-order valence-electron chi connectivity index (χ1n) is 7.75. The van der Waals surface area contributed by atoms with E-state index in [1.807, 2.05) is 29.2 Å². The van der Waals surface area contributed by atoms with Crippen molar-refractivity contribution in [1.82, 2.24) is 20.1 Å². The number of carbonyl (C=O) groups is 1. The van der Waals surface area contributed by atoms with Crippen LogP contribution in [0.4, 0.5) is 0 Å². The van der Waals surface area contributed by atoms with Gasteiger partial charge in [0.15, 0.2) is 5.16 Å². The van der Waals surface area contributed by atoms with Crippen molar-refractivity contribution < 1.29 is 4.79 Å². The molecular formula is C16H21N5OS. The van der Waals surface area contributed by atoms with E-state index in [0.29, 0.717) is 12.5 Å². The molecule has 0 bridgehead atoms. The number of thioether (sulfide) groups is 1. The Morgan fingerprint density at radius 2 is 2.22 bits per heavy atom. The highest BCUT2D eigenvalue weighted by molar-refractivity contribution is 7.98. The predicted molar refractivity (Wildman–Crippen MR) is 90.0 cm³/mol. The molecule has 3 rings (SSSR count). The van der Waals surface area contributed by atoms with Gasteiger partial charge >= 0.3 is 0 Å². The number of nitrogens with two attached hydrogens (primary N) is 1. The van der Waals surface area contributed by atoms with E-state index in [1.165, 1.54) is 6.33 Å². The molecule has 1 fully saturated rings. The topological polar surface area (TPSA) is 87.9 Å². The Hall–Kier alpha value is -1.86. The molecule has 2 unspecified atom stereocenters. The number of hydrogen-bond acceptors (Lipinski definition) is 5. The average molecular weight is 331 g/mol. The fourth-order valence-electron chi connectivity index (χ4n) is 2.92. The molecule has 23 heavy (non-hydrogen) atoms. The lowest BCUT2D eigenvalue weighted by Crippen LogP contribution is -2.34. The molecular weight excluding hydrogens is 310 g/mol. The van der Waals surface area contributed by atoms with Gasteiger partial charge in [-0.3, -0.25) is 9.89 Å². The number of likely N-dealkylation sites (tertiary alicyclic amines) is 1. The molecule has 0 radical (unpaired) electrons. The quantitative estimate of drug-likeness (QED) is 0.817. The first-order chi connectivity index (χ1) is 11.2. The van der Waals surface area contributed by atoms with Crippen molar-refractivity contribution in [2.24, 2.45) is 11.7 Å². The monoisotopic (exact) mass is 331 g/mol. The standard InChI is InChI=1S/C16H21N5OS/c1-11-6-13(7-17)8-21(11)15(22)14-4-2-12(3-5-14)9-23-16-18-10-19-20-16/h2-5,10-11,13H,6-9,17H2,1H3,(H,18,19,20). The van der Waals surface area contributed by atoms with Crippen LogP contribution in [0.5, 0.6) is 0 Å². The van der Waals surface area contributed by atoms with Crippen LogP contribution in [0.25, 0.3) is 0 Å². The summed E-state index contributed by atoms with van der Waals surface area (Å²) in [6.45, 7) is 3.50. The zero-order chi connectivity index (χ0) is 16.2. The Kier molecular flexibility index (Phi) is 4.97. The zero-order valence-corrected chi connectivity index (χ0v) is 13.9. The second-order valence-electron chi connectivity index (χ2n) is 5.92. The third-order valence-electron chi connectivity index (χ3n) is 4.22. The van der Waals surface area contributed by atoms with Crippen LogP contribution in [0.3, 0.4) is 0 Å². The van der Waals surface area contributed by atoms with Crippen molar-refractivity contribution in [1.29, 1.82) is 0 Å². The van der Waals surface area contributed by atoms with E-state index < -0.39 is 0 Å². The summed E-state index contributed by atoms with van der Waals surface area (Å²) in [6, 6.07) is 8.07. The lowest BCUT2D eigenvalue weighted by atomic mass is 10.1. The van der Waals surface area contributed by atoms with Crippen molar-refractivity contribution >= 4 is 17.7 Å². The highest BCUT2D eigenvalue weighted by atomic mass is 32.2. The Balaban J connectivity index is 1.61. The number of aromatic nitrogens is 3. The number of nitrogens with zero attached hydrogens (tertiary/aromatic N) is 3. The average Bonchev–Trinajstić information content (AvgIpc) is 3.22. The molecule has 2 aromatic rings. The van der Waals surface area contributed by atoms with Crippen LogP contribution in [0.1, 0.15) is 29.3 Å². The normalized spacial score (nSPS) is 20.9. The molecule has 6 nitrogen and oxygen atoms in total. The van der Waals surface area contributed by atoms with E-state index >= 15 is 0 Å². The summed E-state index contributed by atoms with van der Waals surface area (Å²) in [7, 11) is 0. The first kappa shape index (κ1) is 16.0. The minimum Gasteiger partial charge on any atom is -0.336 e. The number of benzene rings is 1. The zero-order valence-electron chi connectivity index (χ0n) is 13.1. The Bertz CT molecular complexity index is 643. The van der Waals surface area contributed by atoms with Crippen molar-refractivity contribution in [3.63, 3.8) is 0 Å². The summed E-state index contributed by atoms with van der Waals surface area (Å²) in [6.07, 6.45) is 2.49. The number of aromatic amines is 1. The fourth-order valence-corrected chi connectivity index (χ4v) is 3.66. The minimum atomic E-state index is 0.0999. The second-order valence-corrected chi connectivity index (χ2v) is 6.88. The van der Waals surface area contributed by atoms with Crippen molar-refractivity contribution in [2.45, 2.75) is 30.3 Å². The molecule has 1 amide bonds. The van der Waals surface area contributed by atoms with E-state index in [0.717, 1.165) is 35.0 Å². The van der Waals surface area contributed by atoms with Gasteiger partial charge in [0.05, 0.1) is 0 Å². The Labute approximate surface area is 139 Å². The van der Waals surface area contributed by atoms with Gasteiger partial charge in [-0.2, -0.15) is 5.10 Å². The molecule has 1 aliphatic rings. The smallest absolute Gasteiger partial charge is 0.254 e. The highest BCUT2D eigenvalue weighted by Gasteiger charge is 2.31. The first-order valence-corrected chi connectivity index (χ1v) is 8.74. The third kappa shape index (κ3) is 3.73. The van der Waals surface area contributed by atoms with Crippen LogP contribution in [0, 0.1) is 5.92 Å². The lowest BCUT2D eigenvalue weighted by Gasteiger charge is -2.21. The van der Waals surface area contributed by atoms with Crippen LogP contribution < -0.4 is 5.73 Å². The van der Waals surface area contributed by atoms with Crippen LogP contribution in [0.2, 0.25) is 0 Å². The maximum atomic E-state index is 12.6.